The van der Waals surface area contributed by atoms with E-state index in [2.05, 4.69) is 4.90 Å². The number of nitrogens with two attached hydrogens (primary N) is 1. The maximum atomic E-state index is 12.3. The van der Waals surface area contributed by atoms with E-state index in [1.165, 1.54) is 0 Å². The van der Waals surface area contributed by atoms with Crippen LogP contribution < -0.4 is 5.73 Å². The van der Waals surface area contributed by atoms with E-state index >= 15 is 0 Å². The van der Waals surface area contributed by atoms with Gasteiger partial charge in [0.15, 0.2) is 5.78 Å². The third-order valence-electron chi connectivity index (χ3n) is 4.28. The molecule has 0 saturated carbocycles. The Kier molecular flexibility index (Phi) is 6.36. The van der Waals surface area contributed by atoms with Crippen molar-refractivity contribution in [2.45, 2.75) is 32.2 Å². The molecule has 1 fully saturated rings. The summed E-state index contributed by atoms with van der Waals surface area (Å²) >= 11 is 0. The molecule has 0 aliphatic carbocycles. The number of piperidine rings is 1. The lowest BCUT2D eigenvalue weighted by molar-refractivity contribution is 0.0954. The van der Waals surface area contributed by atoms with E-state index in [9.17, 15) is 9.90 Å². The number of hydrogen-bond acceptors (Lipinski definition) is 4. The number of Topliss-reactive ketones (excluding diaryl/α,β-unsaturated/α-hetero) is 1. The Balaban J connectivity index is 1.79. The largest absolute Gasteiger partial charge is 0.396 e. The number of benzene rings is 1. The van der Waals surface area contributed by atoms with E-state index in [-0.39, 0.29) is 12.4 Å². The first-order valence-electron chi connectivity index (χ1n) is 7.89. The monoisotopic (exact) mass is 290 g/mol. The molecule has 1 heterocycles. The maximum absolute atomic E-state index is 12.3. The second-order valence-electron chi connectivity index (χ2n) is 5.88. The van der Waals surface area contributed by atoms with E-state index < -0.39 is 0 Å². The lowest BCUT2D eigenvalue weighted by Gasteiger charge is -2.31. The summed E-state index contributed by atoms with van der Waals surface area (Å²) in [5, 5.41) is 9.24. The highest BCUT2D eigenvalue weighted by molar-refractivity contribution is 5.97. The molecule has 1 aromatic carbocycles. The van der Waals surface area contributed by atoms with E-state index in [1.807, 2.05) is 24.3 Å². The summed E-state index contributed by atoms with van der Waals surface area (Å²) in [4.78, 5) is 14.6. The van der Waals surface area contributed by atoms with Crippen LogP contribution in [-0.2, 0) is 6.54 Å². The molecule has 116 valence electrons. The van der Waals surface area contributed by atoms with Crippen LogP contribution in [0.3, 0.4) is 0 Å². The van der Waals surface area contributed by atoms with Gasteiger partial charge in [-0.2, -0.15) is 0 Å². The smallest absolute Gasteiger partial charge is 0.163 e. The molecular formula is C17H26N2O2. The van der Waals surface area contributed by atoms with Crippen LogP contribution >= 0.6 is 0 Å². The topological polar surface area (TPSA) is 66.6 Å². The minimum atomic E-state index is 0.187. The first-order chi connectivity index (χ1) is 10.2. The van der Waals surface area contributed by atoms with Gasteiger partial charge in [0.2, 0.25) is 0 Å². The maximum Gasteiger partial charge on any atom is 0.163 e. The van der Waals surface area contributed by atoms with Crippen molar-refractivity contribution >= 4 is 5.78 Å². The van der Waals surface area contributed by atoms with E-state index in [4.69, 9.17) is 5.73 Å². The predicted octanol–water partition coefficient (Wildman–Crippen LogP) is 1.81. The molecule has 4 nitrogen and oxygen atoms in total. The van der Waals surface area contributed by atoms with Gasteiger partial charge in [0.05, 0.1) is 0 Å². The first kappa shape index (κ1) is 16.1. The van der Waals surface area contributed by atoms with Gasteiger partial charge in [-0.05, 0) is 43.8 Å². The van der Waals surface area contributed by atoms with Gasteiger partial charge in [0.1, 0.15) is 0 Å². The molecule has 1 aliphatic rings. The Labute approximate surface area is 126 Å². The second kappa shape index (κ2) is 8.27. The summed E-state index contributed by atoms with van der Waals surface area (Å²) in [6.45, 7) is 3.67. The zero-order valence-corrected chi connectivity index (χ0v) is 12.6. The number of aliphatic hydroxyl groups excluding tert-OH is 1. The van der Waals surface area contributed by atoms with E-state index in [0.717, 1.165) is 50.0 Å². The summed E-state index contributed by atoms with van der Waals surface area (Å²) in [5.41, 5.74) is 7.38. The number of nitrogens with zero attached hydrogens (tertiary/aromatic N) is 1. The van der Waals surface area contributed by atoms with Gasteiger partial charge in [-0.15, -0.1) is 0 Å². The van der Waals surface area contributed by atoms with Crippen LogP contribution in [0.5, 0.6) is 0 Å². The average Bonchev–Trinajstić information content (AvgIpc) is 2.55. The van der Waals surface area contributed by atoms with Crippen molar-refractivity contribution in [2.24, 2.45) is 11.7 Å². The van der Waals surface area contributed by atoms with Crippen LogP contribution in [0.1, 0.15) is 41.6 Å². The molecule has 3 N–H and O–H groups in total. The molecule has 21 heavy (non-hydrogen) atoms. The third kappa shape index (κ3) is 4.63. The van der Waals surface area contributed by atoms with Crippen molar-refractivity contribution in [2.75, 3.05) is 26.2 Å². The Morgan fingerprint density at radius 3 is 2.95 bits per heavy atom. The van der Waals surface area contributed by atoms with Crippen molar-refractivity contribution < 1.29 is 9.90 Å². The van der Waals surface area contributed by atoms with Gasteiger partial charge in [-0.1, -0.05) is 24.3 Å². The third-order valence-corrected chi connectivity index (χ3v) is 4.28. The van der Waals surface area contributed by atoms with E-state index in [0.29, 0.717) is 18.9 Å². The van der Waals surface area contributed by atoms with Crippen LogP contribution in [0.4, 0.5) is 0 Å². The van der Waals surface area contributed by atoms with Crippen molar-refractivity contribution in [3.8, 4) is 0 Å². The number of rotatable bonds is 7. The van der Waals surface area contributed by atoms with Crippen molar-refractivity contribution in [3.63, 3.8) is 0 Å². The Bertz CT molecular complexity index is 462. The number of likely N-dealkylation sites (tertiary alicyclic amines) is 1. The van der Waals surface area contributed by atoms with Gasteiger partial charge in [0.25, 0.3) is 0 Å². The van der Waals surface area contributed by atoms with Gasteiger partial charge >= 0.3 is 0 Å². The zero-order valence-electron chi connectivity index (χ0n) is 12.6. The fourth-order valence-corrected chi connectivity index (χ4v) is 3.07. The van der Waals surface area contributed by atoms with Crippen molar-refractivity contribution in [3.05, 3.63) is 35.4 Å². The van der Waals surface area contributed by atoms with Crippen molar-refractivity contribution in [1.29, 1.82) is 0 Å². The quantitative estimate of drug-likeness (QED) is 0.752. The fraction of sp³-hybridized carbons (Fsp3) is 0.588. The number of aliphatic hydroxyl groups is 1. The van der Waals surface area contributed by atoms with Crippen LogP contribution in [-0.4, -0.2) is 42.0 Å². The molecule has 1 saturated heterocycles. The molecule has 4 heteroatoms. The molecule has 1 aliphatic heterocycles. The SMILES string of the molecule is NCc1ccccc1C(=O)CCCN1CCCC(CO)C1. The molecule has 1 atom stereocenters. The first-order valence-corrected chi connectivity index (χ1v) is 7.89. The van der Waals surface area contributed by atoms with Crippen LogP contribution in [0, 0.1) is 5.92 Å². The fourth-order valence-electron chi connectivity index (χ4n) is 3.07. The van der Waals surface area contributed by atoms with E-state index in [1.54, 1.807) is 0 Å². The van der Waals surface area contributed by atoms with Gasteiger partial charge < -0.3 is 15.7 Å². The summed E-state index contributed by atoms with van der Waals surface area (Å²) in [7, 11) is 0. The summed E-state index contributed by atoms with van der Waals surface area (Å²) < 4.78 is 0. The highest BCUT2D eigenvalue weighted by Gasteiger charge is 2.19. The molecule has 1 aromatic rings. The Hall–Kier alpha value is -1.23. The molecule has 1 unspecified atom stereocenters. The molecule has 0 radical (unpaired) electrons. The average molecular weight is 290 g/mol. The lowest BCUT2D eigenvalue weighted by atomic mass is 9.98. The summed E-state index contributed by atoms with van der Waals surface area (Å²) in [6.07, 6.45) is 3.71. The molecule has 0 aromatic heterocycles. The van der Waals surface area contributed by atoms with Crippen molar-refractivity contribution in [1.82, 2.24) is 4.90 Å². The normalized spacial score (nSPS) is 19.6. The number of hydrogen-bond donors (Lipinski definition) is 2. The highest BCUT2D eigenvalue weighted by Crippen LogP contribution is 2.17. The zero-order chi connectivity index (χ0) is 15.1. The second-order valence-corrected chi connectivity index (χ2v) is 5.88. The Morgan fingerprint density at radius 1 is 1.38 bits per heavy atom. The minimum absolute atomic E-state index is 0.187. The van der Waals surface area contributed by atoms with Crippen LogP contribution in [0.25, 0.3) is 0 Å². The number of carbonyl (C=O) groups excluding carboxylic acids is 1. The van der Waals surface area contributed by atoms with Gasteiger partial charge in [-0.25, -0.2) is 0 Å². The van der Waals surface area contributed by atoms with Crippen LogP contribution in [0.2, 0.25) is 0 Å². The van der Waals surface area contributed by atoms with Gasteiger partial charge in [-0.3, -0.25) is 4.79 Å². The molecule has 0 bridgehead atoms. The molecule has 0 amide bonds. The minimum Gasteiger partial charge on any atom is -0.396 e. The standard InChI is InChI=1S/C17H26N2O2/c18-11-15-6-1-2-7-16(15)17(21)8-4-10-19-9-3-5-14(12-19)13-20/h1-2,6-7,14,20H,3-5,8-13,18H2. The summed E-state index contributed by atoms with van der Waals surface area (Å²) in [5.74, 6) is 0.596. The highest BCUT2D eigenvalue weighted by atomic mass is 16.3. The number of carbonyl (C=O) groups is 1. The number of ketones is 1. The van der Waals surface area contributed by atoms with Crippen LogP contribution in [0.15, 0.2) is 24.3 Å². The predicted molar refractivity (Wildman–Crippen MR) is 84.1 cm³/mol. The molecule has 2 rings (SSSR count). The summed E-state index contributed by atoms with van der Waals surface area (Å²) in [6, 6.07) is 7.60. The van der Waals surface area contributed by atoms with Gasteiger partial charge in [0, 0.05) is 31.7 Å². The molecular weight excluding hydrogens is 264 g/mol. The molecule has 0 spiro atoms. The lowest BCUT2D eigenvalue weighted by Crippen LogP contribution is -2.37. The Morgan fingerprint density at radius 2 is 2.19 bits per heavy atom.